The number of aliphatic hydroxyl groups excluding tert-OH is 1. The van der Waals surface area contributed by atoms with E-state index < -0.39 is 5.54 Å². The molecule has 0 aliphatic carbocycles. The molecular formula is C8H15N3OS. The van der Waals surface area contributed by atoms with Crippen molar-refractivity contribution in [2.24, 2.45) is 12.8 Å². The SMILES string of the molecule is Cn1ccnc1SCC(C)(N)CO. The Hall–Kier alpha value is -0.520. The van der Waals surface area contributed by atoms with Crippen molar-refractivity contribution in [2.45, 2.75) is 17.6 Å². The van der Waals surface area contributed by atoms with Crippen LogP contribution in [-0.2, 0) is 7.05 Å². The summed E-state index contributed by atoms with van der Waals surface area (Å²) in [5.74, 6) is 0.661. The van der Waals surface area contributed by atoms with E-state index in [1.54, 1.807) is 18.0 Å². The monoisotopic (exact) mass is 201 g/mol. The van der Waals surface area contributed by atoms with Crippen molar-refractivity contribution >= 4 is 11.8 Å². The van der Waals surface area contributed by atoms with Crippen LogP contribution in [0, 0.1) is 0 Å². The summed E-state index contributed by atoms with van der Waals surface area (Å²) in [6.07, 6.45) is 3.63. The summed E-state index contributed by atoms with van der Waals surface area (Å²) < 4.78 is 1.93. The van der Waals surface area contributed by atoms with Crippen molar-refractivity contribution in [1.82, 2.24) is 9.55 Å². The Bertz CT molecular complexity index is 272. The van der Waals surface area contributed by atoms with E-state index >= 15 is 0 Å². The molecule has 0 radical (unpaired) electrons. The van der Waals surface area contributed by atoms with Gasteiger partial charge >= 0.3 is 0 Å². The first kappa shape index (κ1) is 10.6. The van der Waals surface area contributed by atoms with Gasteiger partial charge in [0.1, 0.15) is 0 Å². The lowest BCUT2D eigenvalue weighted by Crippen LogP contribution is -2.42. The molecule has 74 valence electrons. The normalized spacial score (nSPS) is 15.7. The van der Waals surface area contributed by atoms with E-state index in [1.807, 2.05) is 24.7 Å². The number of imidazole rings is 1. The molecule has 0 aromatic carbocycles. The number of hydrogen-bond acceptors (Lipinski definition) is 4. The van der Waals surface area contributed by atoms with Gasteiger partial charge in [-0.15, -0.1) is 0 Å². The molecule has 0 fully saturated rings. The molecule has 3 N–H and O–H groups in total. The number of nitrogens with two attached hydrogens (primary N) is 1. The third kappa shape index (κ3) is 3.02. The molecule has 4 nitrogen and oxygen atoms in total. The maximum absolute atomic E-state index is 8.93. The second kappa shape index (κ2) is 4.13. The van der Waals surface area contributed by atoms with E-state index in [1.165, 1.54) is 0 Å². The van der Waals surface area contributed by atoms with Crippen molar-refractivity contribution in [1.29, 1.82) is 0 Å². The second-order valence-corrected chi connectivity index (χ2v) is 4.36. The van der Waals surface area contributed by atoms with Crippen molar-refractivity contribution in [3.63, 3.8) is 0 Å². The zero-order valence-corrected chi connectivity index (χ0v) is 8.71. The highest BCUT2D eigenvalue weighted by Crippen LogP contribution is 2.18. The number of hydrogen-bond donors (Lipinski definition) is 2. The molecule has 0 aliphatic heterocycles. The number of rotatable bonds is 4. The molecule has 0 saturated heterocycles. The molecule has 1 unspecified atom stereocenters. The van der Waals surface area contributed by atoms with Crippen LogP contribution in [0.25, 0.3) is 0 Å². The van der Waals surface area contributed by atoms with Crippen LogP contribution in [0.3, 0.4) is 0 Å². The van der Waals surface area contributed by atoms with Crippen molar-refractivity contribution in [2.75, 3.05) is 12.4 Å². The highest BCUT2D eigenvalue weighted by atomic mass is 32.2. The number of thioether (sulfide) groups is 1. The number of aromatic nitrogens is 2. The topological polar surface area (TPSA) is 64.1 Å². The van der Waals surface area contributed by atoms with Gasteiger partial charge in [-0.05, 0) is 6.92 Å². The Balaban J connectivity index is 2.48. The molecular weight excluding hydrogens is 186 g/mol. The summed E-state index contributed by atoms with van der Waals surface area (Å²) >= 11 is 1.55. The van der Waals surface area contributed by atoms with Gasteiger partial charge in [0, 0.05) is 30.7 Å². The van der Waals surface area contributed by atoms with Gasteiger partial charge in [0.25, 0.3) is 0 Å². The fourth-order valence-corrected chi connectivity index (χ4v) is 1.72. The van der Waals surface area contributed by atoms with E-state index in [9.17, 15) is 0 Å². The van der Waals surface area contributed by atoms with E-state index in [0.717, 1.165) is 5.16 Å². The number of aliphatic hydroxyl groups is 1. The van der Waals surface area contributed by atoms with Gasteiger partial charge in [-0.1, -0.05) is 11.8 Å². The van der Waals surface area contributed by atoms with Crippen LogP contribution in [0.15, 0.2) is 17.6 Å². The van der Waals surface area contributed by atoms with Crippen LogP contribution < -0.4 is 5.73 Å². The highest BCUT2D eigenvalue weighted by Gasteiger charge is 2.18. The Morgan fingerprint density at radius 3 is 2.92 bits per heavy atom. The van der Waals surface area contributed by atoms with Crippen LogP contribution in [0.1, 0.15) is 6.92 Å². The molecule has 5 heteroatoms. The van der Waals surface area contributed by atoms with Crippen LogP contribution >= 0.6 is 11.8 Å². The molecule has 1 atom stereocenters. The lowest BCUT2D eigenvalue weighted by Gasteiger charge is -2.20. The maximum atomic E-state index is 8.93. The van der Waals surface area contributed by atoms with Crippen molar-refractivity contribution < 1.29 is 5.11 Å². The quantitative estimate of drug-likeness (QED) is 0.684. The molecule has 1 aromatic rings. The first-order valence-electron chi connectivity index (χ1n) is 4.05. The molecule has 1 heterocycles. The van der Waals surface area contributed by atoms with Gasteiger partial charge in [-0.2, -0.15) is 0 Å². The van der Waals surface area contributed by atoms with Crippen molar-refractivity contribution in [3.8, 4) is 0 Å². The maximum Gasteiger partial charge on any atom is 0.167 e. The van der Waals surface area contributed by atoms with Gasteiger partial charge in [-0.25, -0.2) is 4.98 Å². The average molecular weight is 201 g/mol. The van der Waals surface area contributed by atoms with Gasteiger partial charge in [0.15, 0.2) is 5.16 Å². The summed E-state index contributed by atoms with van der Waals surface area (Å²) in [6.45, 7) is 1.81. The molecule has 0 amide bonds. The second-order valence-electron chi connectivity index (χ2n) is 3.42. The fourth-order valence-electron chi connectivity index (χ4n) is 0.766. The Kier molecular flexibility index (Phi) is 3.35. The fraction of sp³-hybridized carbons (Fsp3) is 0.625. The smallest absolute Gasteiger partial charge is 0.167 e. The largest absolute Gasteiger partial charge is 0.394 e. The van der Waals surface area contributed by atoms with E-state index in [2.05, 4.69) is 4.98 Å². The van der Waals surface area contributed by atoms with Crippen LogP contribution in [0.4, 0.5) is 0 Å². The minimum Gasteiger partial charge on any atom is -0.394 e. The average Bonchev–Trinajstić information content (AvgIpc) is 2.48. The standard InChI is InChI=1S/C8H15N3OS/c1-8(9,5-12)6-13-7-10-3-4-11(7)2/h3-4,12H,5-6,9H2,1-2H3. The van der Waals surface area contributed by atoms with Gasteiger partial charge in [0.05, 0.1) is 6.61 Å². The van der Waals surface area contributed by atoms with Crippen LogP contribution in [-0.4, -0.2) is 32.6 Å². The highest BCUT2D eigenvalue weighted by molar-refractivity contribution is 7.99. The van der Waals surface area contributed by atoms with Gasteiger partial charge < -0.3 is 15.4 Å². The van der Waals surface area contributed by atoms with E-state index in [-0.39, 0.29) is 6.61 Å². The number of nitrogens with zero attached hydrogens (tertiary/aromatic N) is 2. The Labute approximate surface area is 82.2 Å². The minimum absolute atomic E-state index is 0.00950. The minimum atomic E-state index is -0.531. The van der Waals surface area contributed by atoms with E-state index in [0.29, 0.717) is 5.75 Å². The first-order chi connectivity index (χ1) is 6.05. The lowest BCUT2D eigenvalue weighted by molar-refractivity contribution is 0.224. The third-order valence-electron chi connectivity index (χ3n) is 1.67. The summed E-state index contributed by atoms with van der Waals surface area (Å²) in [6, 6.07) is 0. The molecule has 0 aliphatic rings. The van der Waals surface area contributed by atoms with Gasteiger partial charge in [-0.3, -0.25) is 0 Å². The molecule has 1 aromatic heterocycles. The molecule has 1 rings (SSSR count). The van der Waals surface area contributed by atoms with E-state index in [4.69, 9.17) is 10.8 Å². The van der Waals surface area contributed by atoms with Crippen LogP contribution in [0.5, 0.6) is 0 Å². The third-order valence-corrected chi connectivity index (χ3v) is 3.12. The molecule has 0 spiro atoms. The predicted octanol–water partition coefficient (Wildman–Crippen LogP) is 0.222. The lowest BCUT2D eigenvalue weighted by atomic mass is 10.1. The van der Waals surface area contributed by atoms with Gasteiger partial charge in [0.2, 0.25) is 0 Å². The Morgan fingerprint density at radius 1 is 1.77 bits per heavy atom. The Morgan fingerprint density at radius 2 is 2.46 bits per heavy atom. The van der Waals surface area contributed by atoms with Crippen molar-refractivity contribution in [3.05, 3.63) is 12.4 Å². The summed E-state index contributed by atoms with van der Waals surface area (Å²) in [5, 5.41) is 9.85. The zero-order chi connectivity index (χ0) is 9.90. The summed E-state index contributed by atoms with van der Waals surface area (Å²) in [4.78, 5) is 4.14. The summed E-state index contributed by atoms with van der Waals surface area (Å²) in [5.41, 5.74) is 5.24. The summed E-state index contributed by atoms with van der Waals surface area (Å²) in [7, 11) is 1.93. The molecule has 13 heavy (non-hydrogen) atoms. The first-order valence-corrected chi connectivity index (χ1v) is 5.03. The van der Waals surface area contributed by atoms with Crippen LogP contribution in [0.2, 0.25) is 0 Å². The zero-order valence-electron chi connectivity index (χ0n) is 7.90. The molecule has 0 saturated carbocycles. The number of aryl methyl sites for hydroxylation is 1. The molecule has 0 bridgehead atoms. The predicted molar refractivity (Wildman–Crippen MR) is 53.6 cm³/mol.